The highest BCUT2D eigenvalue weighted by Gasteiger charge is 2.34. The second-order valence-electron chi connectivity index (χ2n) is 8.09. The van der Waals surface area contributed by atoms with Crippen LogP contribution in [0.3, 0.4) is 0 Å². The Morgan fingerprint density at radius 2 is 1.78 bits per heavy atom. The van der Waals surface area contributed by atoms with Crippen LogP contribution in [0.1, 0.15) is 56.3 Å². The van der Waals surface area contributed by atoms with Gasteiger partial charge in [0.1, 0.15) is 10.6 Å². The fourth-order valence-electron chi connectivity index (χ4n) is 4.30. The highest BCUT2D eigenvalue weighted by molar-refractivity contribution is 7.89. The number of rotatable bonds is 5. The van der Waals surface area contributed by atoms with Gasteiger partial charge in [0.05, 0.1) is 7.11 Å². The quantitative estimate of drug-likeness (QED) is 0.833. The number of hydrogen-bond acceptors (Lipinski definition) is 4. The molecule has 1 saturated heterocycles. The monoisotopic (exact) mass is 394 g/mol. The molecule has 0 radical (unpaired) electrons. The number of carbonyl (C=O) groups excluding carboxylic acids is 1. The molecule has 2 fully saturated rings. The van der Waals surface area contributed by atoms with E-state index in [4.69, 9.17) is 4.74 Å². The van der Waals surface area contributed by atoms with Crippen LogP contribution in [0.25, 0.3) is 0 Å². The zero-order valence-corrected chi connectivity index (χ0v) is 17.2. The smallest absolute Gasteiger partial charge is 0.251 e. The Kier molecular flexibility index (Phi) is 6.11. The van der Waals surface area contributed by atoms with Gasteiger partial charge >= 0.3 is 0 Å². The van der Waals surface area contributed by atoms with Crippen molar-refractivity contribution in [1.82, 2.24) is 9.62 Å². The Hall–Kier alpha value is -1.60. The van der Waals surface area contributed by atoms with Crippen molar-refractivity contribution >= 4 is 15.9 Å². The van der Waals surface area contributed by atoms with Crippen LogP contribution < -0.4 is 10.1 Å². The van der Waals surface area contributed by atoms with E-state index in [0.717, 1.165) is 32.1 Å². The molecule has 6 nitrogen and oxygen atoms in total. The third-order valence-corrected chi connectivity index (χ3v) is 7.42. The molecule has 150 valence electrons. The van der Waals surface area contributed by atoms with Gasteiger partial charge < -0.3 is 10.1 Å². The predicted octanol–water partition coefficient (Wildman–Crippen LogP) is 3.03. The number of nitrogens with zero attached hydrogens (tertiary/aromatic N) is 1. The average molecular weight is 395 g/mol. The summed E-state index contributed by atoms with van der Waals surface area (Å²) in [7, 11) is -2.27. The number of sulfonamides is 1. The van der Waals surface area contributed by atoms with Crippen LogP contribution in [-0.2, 0) is 10.0 Å². The molecule has 1 aromatic carbocycles. The van der Waals surface area contributed by atoms with Gasteiger partial charge in [-0.3, -0.25) is 4.79 Å². The van der Waals surface area contributed by atoms with Crippen LogP contribution >= 0.6 is 0 Å². The van der Waals surface area contributed by atoms with Crippen molar-refractivity contribution in [2.24, 2.45) is 11.8 Å². The summed E-state index contributed by atoms with van der Waals surface area (Å²) < 4.78 is 33.4. The van der Waals surface area contributed by atoms with Crippen molar-refractivity contribution in [3.05, 3.63) is 23.8 Å². The number of benzene rings is 1. The second kappa shape index (κ2) is 8.19. The zero-order chi connectivity index (χ0) is 19.6. The first-order valence-corrected chi connectivity index (χ1v) is 11.2. The molecule has 2 atom stereocenters. The van der Waals surface area contributed by atoms with Gasteiger partial charge in [0.15, 0.2) is 0 Å². The molecular weight excluding hydrogens is 364 g/mol. The maximum absolute atomic E-state index is 13.3. The molecule has 1 N–H and O–H groups in total. The van der Waals surface area contributed by atoms with Crippen LogP contribution in [0.4, 0.5) is 0 Å². The summed E-state index contributed by atoms with van der Waals surface area (Å²) in [6.07, 6.45) is 5.23. The molecular formula is C20H30N2O4S. The van der Waals surface area contributed by atoms with Gasteiger partial charge in [-0.25, -0.2) is 8.42 Å². The molecule has 0 spiro atoms. The van der Waals surface area contributed by atoms with Crippen LogP contribution in [0.2, 0.25) is 0 Å². The Morgan fingerprint density at radius 3 is 2.37 bits per heavy atom. The van der Waals surface area contributed by atoms with Crippen molar-refractivity contribution in [1.29, 1.82) is 0 Å². The highest BCUT2D eigenvalue weighted by atomic mass is 32.2. The first-order chi connectivity index (χ1) is 12.8. The van der Waals surface area contributed by atoms with Gasteiger partial charge in [-0.1, -0.05) is 26.7 Å². The van der Waals surface area contributed by atoms with E-state index in [1.165, 1.54) is 17.5 Å². The van der Waals surface area contributed by atoms with E-state index in [0.29, 0.717) is 30.5 Å². The molecule has 1 aromatic rings. The van der Waals surface area contributed by atoms with E-state index in [1.54, 1.807) is 12.1 Å². The third kappa shape index (κ3) is 4.46. The number of carbonyl (C=O) groups is 1. The molecule has 2 unspecified atom stereocenters. The molecule has 1 amide bonds. The minimum atomic E-state index is -3.73. The van der Waals surface area contributed by atoms with E-state index in [9.17, 15) is 13.2 Å². The fraction of sp³-hybridized carbons (Fsp3) is 0.650. The molecule has 1 aliphatic heterocycles. The van der Waals surface area contributed by atoms with Gasteiger partial charge in [0.25, 0.3) is 5.91 Å². The molecule has 7 heteroatoms. The summed E-state index contributed by atoms with van der Waals surface area (Å²) in [6.45, 7) is 5.13. The van der Waals surface area contributed by atoms with Gasteiger partial charge in [0, 0.05) is 24.7 Å². The number of ether oxygens (including phenoxy) is 1. The lowest BCUT2D eigenvalue weighted by Gasteiger charge is -2.34. The van der Waals surface area contributed by atoms with Crippen LogP contribution in [0, 0.1) is 11.8 Å². The zero-order valence-electron chi connectivity index (χ0n) is 16.4. The fourth-order valence-corrected chi connectivity index (χ4v) is 6.16. The molecule has 1 heterocycles. The number of piperidine rings is 1. The summed E-state index contributed by atoms with van der Waals surface area (Å²) in [5.74, 6) is 0.673. The van der Waals surface area contributed by atoms with Gasteiger partial charge in [-0.05, 0) is 49.3 Å². The Morgan fingerprint density at radius 1 is 1.15 bits per heavy atom. The second-order valence-corrected chi connectivity index (χ2v) is 9.99. The normalized spacial score (nSPS) is 24.7. The van der Waals surface area contributed by atoms with Crippen LogP contribution in [0.5, 0.6) is 5.75 Å². The lowest BCUT2D eigenvalue weighted by molar-refractivity contribution is 0.0937. The summed E-state index contributed by atoms with van der Waals surface area (Å²) in [6, 6.07) is 4.85. The molecule has 0 bridgehead atoms. The Labute approximate surface area is 162 Å². The molecule has 2 aliphatic rings. The number of hydrogen-bond donors (Lipinski definition) is 1. The van der Waals surface area contributed by atoms with Gasteiger partial charge in [-0.15, -0.1) is 0 Å². The summed E-state index contributed by atoms with van der Waals surface area (Å²) in [4.78, 5) is 12.7. The minimum Gasteiger partial charge on any atom is -0.495 e. The van der Waals surface area contributed by atoms with Crippen molar-refractivity contribution < 1.29 is 17.9 Å². The maximum Gasteiger partial charge on any atom is 0.251 e. The van der Waals surface area contributed by atoms with Crippen molar-refractivity contribution in [3.63, 3.8) is 0 Å². The first kappa shape index (κ1) is 20.1. The van der Waals surface area contributed by atoms with Crippen molar-refractivity contribution in [2.75, 3.05) is 20.2 Å². The molecule has 1 saturated carbocycles. The predicted molar refractivity (Wildman–Crippen MR) is 104 cm³/mol. The van der Waals surface area contributed by atoms with Crippen molar-refractivity contribution in [3.8, 4) is 5.75 Å². The molecule has 1 aliphatic carbocycles. The van der Waals surface area contributed by atoms with Crippen LogP contribution in [-0.4, -0.2) is 44.9 Å². The topological polar surface area (TPSA) is 75.7 Å². The lowest BCUT2D eigenvalue weighted by atomic mass is 9.94. The van der Waals surface area contributed by atoms with Gasteiger partial charge in [-0.2, -0.15) is 4.31 Å². The Balaban J connectivity index is 1.89. The maximum atomic E-state index is 13.3. The van der Waals surface area contributed by atoms with E-state index < -0.39 is 10.0 Å². The standard InChI is InChI=1S/C20H30N2O4S/c1-14-10-15(2)13-22(12-14)27(24,25)19-11-16(8-9-18(19)26-3)20(23)21-17-6-4-5-7-17/h8-9,11,14-15,17H,4-7,10,12-13H2,1-3H3,(H,21,23). The summed E-state index contributed by atoms with van der Waals surface area (Å²) in [5.41, 5.74) is 0.361. The van der Waals surface area contributed by atoms with E-state index in [1.807, 2.05) is 0 Å². The molecule has 0 aromatic heterocycles. The number of methoxy groups -OCH3 is 1. The third-order valence-electron chi connectivity index (χ3n) is 5.57. The number of amides is 1. The minimum absolute atomic E-state index is 0.0744. The SMILES string of the molecule is COc1ccc(C(=O)NC2CCCC2)cc1S(=O)(=O)N1CC(C)CC(C)C1. The van der Waals surface area contributed by atoms with Crippen LogP contribution in [0.15, 0.2) is 23.1 Å². The summed E-state index contributed by atoms with van der Waals surface area (Å²) in [5, 5.41) is 3.02. The summed E-state index contributed by atoms with van der Waals surface area (Å²) >= 11 is 0. The first-order valence-electron chi connectivity index (χ1n) is 9.80. The molecule has 3 rings (SSSR count). The largest absolute Gasteiger partial charge is 0.495 e. The lowest BCUT2D eigenvalue weighted by Crippen LogP contribution is -2.42. The highest BCUT2D eigenvalue weighted by Crippen LogP contribution is 2.32. The van der Waals surface area contributed by atoms with E-state index >= 15 is 0 Å². The van der Waals surface area contributed by atoms with E-state index in [-0.39, 0.29) is 22.6 Å². The van der Waals surface area contributed by atoms with E-state index in [2.05, 4.69) is 19.2 Å². The van der Waals surface area contributed by atoms with Crippen molar-refractivity contribution in [2.45, 2.75) is 56.9 Å². The average Bonchev–Trinajstić information content (AvgIpc) is 3.13. The number of nitrogens with one attached hydrogen (secondary N) is 1. The van der Waals surface area contributed by atoms with Gasteiger partial charge in [0.2, 0.25) is 10.0 Å². The molecule has 27 heavy (non-hydrogen) atoms. The Bertz CT molecular complexity index is 777.